The summed E-state index contributed by atoms with van der Waals surface area (Å²) in [6.07, 6.45) is 0. The lowest BCUT2D eigenvalue weighted by Gasteiger charge is -2.25. The van der Waals surface area contributed by atoms with E-state index < -0.39 is 5.91 Å². The highest BCUT2D eigenvalue weighted by Crippen LogP contribution is 2.08. The number of hydrogen-bond acceptors (Lipinski definition) is 5. The van der Waals surface area contributed by atoms with E-state index >= 15 is 0 Å². The molecule has 1 heterocycles. The van der Waals surface area contributed by atoms with Crippen LogP contribution in [0.5, 0.6) is 5.75 Å². The van der Waals surface area contributed by atoms with E-state index in [-0.39, 0.29) is 42.4 Å². The molecule has 0 aliphatic rings. The number of aromatic nitrogens is 2. The minimum Gasteiger partial charge on any atom is -0.492 e. The summed E-state index contributed by atoms with van der Waals surface area (Å²) in [4.78, 5) is 38.4. The van der Waals surface area contributed by atoms with Gasteiger partial charge in [-0.25, -0.2) is 4.68 Å². The van der Waals surface area contributed by atoms with Gasteiger partial charge in [-0.1, -0.05) is 18.2 Å². The number of nitrogens with zero attached hydrogens (tertiary/aromatic N) is 3. The minimum absolute atomic E-state index is 0.0788. The largest absolute Gasteiger partial charge is 0.492 e. The zero-order chi connectivity index (χ0) is 21.4. The standard InChI is InChI=1S/C21H28N4O4/c1-5-24(15-18(26)22-21(2,3)4)20(28)17-11-12-19(27)25(23-17)13-14-29-16-9-7-6-8-10-16/h6-12H,5,13-15H2,1-4H3,(H,22,26). The van der Waals surface area contributed by atoms with Crippen molar-refractivity contribution in [2.45, 2.75) is 39.8 Å². The summed E-state index contributed by atoms with van der Waals surface area (Å²) < 4.78 is 6.78. The van der Waals surface area contributed by atoms with Crippen LogP contribution in [-0.4, -0.2) is 51.7 Å². The number of nitrogens with one attached hydrogen (secondary N) is 1. The topological polar surface area (TPSA) is 93.5 Å². The first-order chi connectivity index (χ1) is 13.7. The lowest BCUT2D eigenvalue weighted by Crippen LogP contribution is -2.47. The number of carbonyl (C=O) groups is 2. The van der Waals surface area contributed by atoms with E-state index in [4.69, 9.17) is 4.74 Å². The molecule has 0 unspecified atom stereocenters. The highest BCUT2D eigenvalue weighted by atomic mass is 16.5. The van der Waals surface area contributed by atoms with Gasteiger partial charge in [-0.3, -0.25) is 14.4 Å². The van der Waals surface area contributed by atoms with Crippen molar-refractivity contribution in [3.63, 3.8) is 0 Å². The Morgan fingerprint density at radius 2 is 1.83 bits per heavy atom. The number of likely N-dealkylation sites (N-methyl/N-ethyl adjacent to an activating group) is 1. The van der Waals surface area contributed by atoms with Crippen LogP contribution in [0, 0.1) is 0 Å². The Labute approximate surface area is 170 Å². The van der Waals surface area contributed by atoms with E-state index in [2.05, 4.69) is 10.4 Å². The van der Waals surface area contributed by atoms with Gasteiger partial charge in [-0.2, -0.15) is 5.10 Å². The molecule has 0 saturated carbocycles. The van der Waals surface area contributed by atoms with E-state index in [1.54, 1.807) is 6.92 Å². The van der Waals surface area contributed by atoms with Gasteiger partial charge >= 0.3 is 0 Å². The average Bonchev–Trinajstić information content (AvgIpc) is 2.66. The second-order valence-electron chi connectivity index (χ2n) is 7.56. The van der Waals surface area contributed by atoms with Gasteiger partial charge in [0.05, 0.1) is 13.1 Å². The average molecular weight is 400 g/mol. The highest BCUT2D eigenvalue weighted by Gasteiger charge is 2.21. The van der Waals surface area contributed by atoms with Crippen molar-refractivity contribution in [1.29, 1.82) is 0 Å². The normalized spacial score (nSPS) is 11.0. The summed E-state index contributed by atoms with van der Waals surface area (Å²) in [6.45, 7) is 8.10. The van der Waals surface area contributed by atoms with Crippen LogP contribution < -0.4 is 15.6 Å². The lowest BCUT2D eigenvalue weighted by atomic mass is 10.1. The Kier molecular flexibility index (Phi) is 7.52. The molecule has 8 nitrogen and oxygen atoms in total. The van der Waals surface area contributed by atoms with E-state index in [0.717, 1.165) is 0 Å². The van der Waals surface area contributed by atoms with Crippen LogP contribution in [-0.2, 0) is 11.3 Å². The summed E-state index contributed by atoms with van der Waals surface area (Å²) in [5.41, 5.74) is -0.606. The number of rotatable bonds is 8. The first-order valence-electron chi connectivity index (χ1n) is 9.56. The van der Waals surface area contributed by atoms with Crippen molar-refractivity contribution in [2.75, 3.05) is 19.7 Å². The van der Waals surface area contributed by atoms with Gasteiger partial charge in [0, 0.05) is 18.2 Å². The fourth-order valence-corrected chi connectivity index (χ4v) is 2.61. The van der Waals surface area contributed by atoms with Crippen molar-refractivity contribution < 1.29 is 14.3 Å². The molecule has 1 aromatic heterocycles. The number of hydrogen-bond donors (Lipinski definition) is 1. The number of para-hydroxylation sites is 1. The summed E-state index contributed by atoms with van der Waals surface area (Å²) >= 11 is 0. The van der Waals surface area contributed by atoms with E-state index in [0.29, 0.717) is 12.3 Å². The van der Waals surface area contributed by atoms with Crippen molar-refractivity contribution in [1.82, 2.24) is 20.0 Å². The van der Waals surface area contributed by atoms with Gasteiger partial charge in [0.2, 0.25) is 5.91 Å². The van der Waals surface area contributed by atoms with E-state index in [9.17, 15) is 14.4 Å². The van der Waals surface area contributed by atoms with Gasteiger partial charge in [0.25, 0.3) is 11.5 Å². The number of benzene rings is 1. The molecule has 0 aliphatic heterocycles. The minimum atomic E-state index is -0.408. The molecule has 156 valence electrons. The van der Waals surface area contributed by atoms with Crippen LogP contribution in [0.1, 0.15) is 38.2 Å². The van der Waals surface area contributed by atoms with Crippen LogP contribution in [0.25, 0.3) is 0 Å². The van der Waals surface area contributed by atoms with Crippen molar-refractivity contribution in [3.05, 3.63) is 58.5 Å². The number of carbonyl (C=O) groups excluding carboxylic acids is 2. The van der Waals surface area contributed by atoms with Crippen LogP contribution in [0.2, 0.25) is 0 Å². The number of amides is 2. The van der Waals surface area contributed by atoms with Crippen LogP contribution in [0.3, 0.4) is 0 Å². The summed E-state index contributed by atoms with van der Waals surface area (Å²) in [5.74, 6) is 0.0290. The molecule has 2 rings (SSSR count). The molecule has 0 radical (unpaired) electrons. The highest BCUT2D eigenvalue weighted by molar-refractivity contribution is 5.94. The Balaban J connectivity index is 2.04. The van der Waals surface area contributed by atoms with Crippen LogP contribution in [0.4, 0.5) is 0 Å². The van der Waals surface area contributed by atoms with Crippen molar-refractivity contribution in [2.24, 2.45) is 0 Å². The zero-order valence-corrected chi connectivity index (χ0v) is 17.3. The second-order valence-corrected chi connectivity index (χ2v) is 7.56. The molecule has 0 bridgehead atoms. The van der Waals surface area contributed by atoms with Gasteiger partial charge in [0.1, 0.15) is 18.1 Å². The monoisotopic (exact) mass is 400 g/mol. The van der Waals surface area contributed by atoms with Crippen LogP contribution >= 0.6 is 0 Å². The quantitative estimate of drug-likeness (QED) is 0.728. The first kappa shape index (κ1) is 22.1. The second kappa shape index (κ2) is 9.86. The van der Waals surface area contributed by atoms with Gasteiger partial charge in [0.15, 0.2) is 0 Å². The third-order valence-electron chi connectivity index (χ3n) is 3.92. The summed E-state index contributed by atoms with van der Waals surface area (Å²) in [6, 6.07) is 11.9. The van der Waals surface area contributed by atoms with E-state index in [1.165, 1.54) is 21.7 Å². The van der Waals surface area contributed by atoms with E-state index in [1.807, 2.05) is 51.1 Å². The molecule has 0 saturated heterocycles. The number of ether oxygens (including phenoxy) is 1. The molecule has 1 N–H and O–H groups in total. The Bertz CT molecular complexity index is 888. The third kappa shape index (κ3) is 7.06. The Morgan fingerprint density at radius 1 is 1.14 bits per heavy atom. The first-order valence-corrected chi connectivity index (χ1v) is 9.56. The molecule has 0 aliphatic carbocycles. The molecule has 0 spiro atoms. The van der Waals surface area contributed by atoms with Crippen molar-refractivity contribution in [3.8, 4) is 5.75 Å². The molecular weight excluding hydrogens is 372 g/mol. The van der Waals surface area contributed by atoms with Gasteiger partial charge in [-0.05, 0) is 45.9 Å². The summed E-state index contributed by atoms with van der Waals surface area (Å²) in [5, 5.41) is 6.98. The van der Waals surface area contributed by atoms with Crippen molar-refractivity contribution >= 4 is 11.8 Å². The molecule has 29 heavy (non-hydrogen) atoms. The molecule has 8 heteroatoms. The third-order valence-corrected chi connectivity index (χ3v) is 3.92. The van der Waals surface area contributed by atoms with Crippen LogP contribution in [0.15, 0.2) is 47.3 Å². The maximum absolute atomic E-state index is 12.8. The molecule has 2 aromatic rings. The molecule has 1 aromatic carbocycles. The molecular formula is C21H28N4O4. The maximum atomic E-state index is 12.8. The lowest BCUT2D eigenvalue weighted by molar-refractivity contribution is -0.123. The predicted molar refractivity (Wildman–Crippen MR) is 110 cm³/mol. The predicted octanol–water partition coefficient (Wildman–Crippen LogP) is 1.70. The maximum Gasteiger partial charge on any atom is 0.274 e. The smallest absolute Gasteiger partial charge is 0.274 e. The molecule has 0 atom stereocenters. The Morgan fingerprint density at radius 3 is 2.45 bits per heavy atom. The SMILES string of the molecule is CCN(CC(=O)NC(C)(C)C)C(=O)c1ccc(=O)n(CCOc2ccccc2)n1. The van der Waals surface area contributed by atoms with Gasteiger partial charge in [-0.15, -0.1) is 0 Å². The molecule has 0 fully saturated rings. The molecule has 2 amide bonds. The summed E-state index contributed by atoms with van der Waals surface area (Å²) in [7, 11) is 0. The fourth-order valence-electron chi connectivity index (χ4n) is 2.61. The Hall–Kier alpha value is -3.16. The van der Waals surface area contributed by atoms with Gasteiger partial charge < -0.3 is 15.0 Å². The zero-order valence-electron chi connectivity index (χ0n) is 17.3. The fraction of sp³-hybridized carbons (Fsp3) is 0.429.